The number of nitrogens with one attached hydrogen (secondary N) is 1. The van der Waals surface area contributed by atoms with Gasteiger partial charge in [-0.1, -0.05) is 36.4 Å². The predicted molar refractivity (Wildman–Crippen MR) is 102 cm³/mol. The fourth-order valence-corrected chi connectivity index (χ4v) is 3.26. The molecule has 3 aromatic rings. The standard InChI is InChI=1S/C20H20N2O2S/c1-3-24-16-10-8-15(9-11-16)12-19(23)22-20-21-18(13-25-20)17-7-5-4-6-14(17)2/h4-11,13H,3,12H2,1-2H3,(H,21,22,23). The van der Waals surface area contributed by atoms with Crippen LogP contribution in [0.2, 0.25) is 0 Å². The molecule has 1 aromatic heterocycles. The molecule has 128 valence electrons. The summed E-state index contributed by atoms with van der Waals surface area (Å²) in [5, 5.41) is 5.46. The highest BCUT2D eigenvalue weighted by Crippen LogP contribution is 2.27. The van der Waals surface area contributed by atoms with Gasteiger partial charge < -0.3 is 10.1 Å². The Morgan fingerprint density at radius 3 is 2.64 bits per heavy atom. The SMILES string of the molecule is CCOc1ccc(CC(=O)Nc2nc(-c3ccccc3C)cs2)cc1. The monoisotopic (exact) mass is 352 g/mol. The van der Waals surface area contributed by atoms with E-state index in [9.17, 15) is 4.79 Å². The number of hydrogen-bond acceptors (Lipinski definition) is 4. The summed E-state index contributed by atoms with van der Waals surface area (Å²) in [5.41, 5.74) is 4.09. The molecule has 1 N–H and O–H groups in total. The van der Waals surface area contributed by atoms with Gasteiger partial charge in [0.2, 0.25) is 5.91 Å². The van der Waals surface area contributed by atoms with Gasteiger partial charge in [-0.25, -0.2) is 4.98 Å². The molecule has 1 heterocycles. The van der Waals surface area contributed by atoms with Crippen molar-refractivity contribution in [1.82, 2.24) is 4.98 Å². The first-order chi connectivity index (χ1) is 12.2. The summed E-state index contributed by atoms with van der Waals surface area (Å²) in [5.74, 6) is 0.740. The van der Waals surface area contributed by atoms with Crippen molar-refractivity contribution in [3.63, 3.8) is 0 Å². The van der Waals surface area contributed by atoms with Gasteiger partial charge in [-0.15, -0.1) is 11.3 Å². The van der Waals surface area contributed by atoms with E-state index in [0.717, 1.165) is 22.6 Å². The lowest BCUT2D eigenvalue weighted by molar-refractivity contribution is -0.115. The highest BCUT2D eigenvalue weighted by molar-refractivity contribution is 7.14. The third-order valence-corrected chi connectivity index (χ3v) is 4.53. The van der Waals surface area contributed by atoms with Crippen LogP contribution in [-0.4, -0.2) is 17.5 Å². The number of hydrogen-bond donors (Lipinski definition) is 1. The second-order valence-corrected chi connectivity index (χ2v) is 6.51. The van der Waals surface area contributed by atoms with Gasteiger partial charge in [0.1, 0.15) is 5.75 Å². The molecule has 1 amide bonds. The Morgan fingerprint density at radius 1 is 1.16 bits per heavy atom. The topological polar surface area (TPSA) is 51.2 Å². The Hall–Kier alpha value is -2.66. The largest absolute Gasteiger partial charge is 0.494 e. The van der Waals surface area contributed by atoms with Crippen molar-refractivity contribution < 1.29 is 9.53 Å². The molecule has 0 aliphatic rings. The van der Waals surface area contributed by atoms with Crippen LogP contribution in [0.1, 0.15) is 18.1 Å². The lowest BCUT2D eigenvalue weighted by Gasteiger charge is -2.05. The molecule has 2 aromatic carbocycles. The molecule has 3 rings (SSSR count). The van der Waals surface area contributed by atoms with E-state index in [1.807, 2.05) is 54.8 Å². The number of carbonyl (C=O) groups is 1. The Balaban J connectivity index is 1.63. The van der Waals surface area contributed by atoms with Crippen molar-refractivity contribution in [2.45, 2.75) is 20.3 Å². The van der Waals surface area contributed by atoms with Gasteiger partial charge in [0, 0.05) is 10.9 Å². The lowest BCUT2D eigenvalue weighted by Crippen LogP contribution is -2.14. The summed E-state index contributed by atoms with van der Waals surface area (Å²) >= 11 is 1.44. The average Bonchev–Trinajstić information content (AvgIpc) is 3.05. The zero-order valence-electron chi connectivity index (χ0n) is 14.3. The fraction of sp³-hybridized carbons (Fsp3) is 0.200. The van der Waals surface area contributed by atoms with E-state index in [1.165, 1.54) is 16.9 Å². The Kier molecular flexibility index (Phi) is 5.46. The molecule has 0 bridgehead atoms. The van der Waals surface area contributed by atoms with Gasteiger partial charge in [0.25, 0.3) is 0 Å². The normalized spacial score (nSPS) is 10.5. The molecule has 0 saturated heterocycles. The number of thiazole rings is 1. The molecule has 0 fully saturated rings. The predicted octanol–water partition coefficient (Wildman–Crippen LogP) is 4.70. The summed E-state index contributed by atoms with van der Waals surface area (Å²) in [7, 11) is 0. The summed E-state index contributed by atoms with van der Waals surface area (Å²) in [6, 6.07) is 15.7. The minimum atomic E-state index is -0.0742. The van der Waals surface area contributed by atoms with E-state index < -0.39 is 0 Å². The quantitative estimate of drug-likeness (QED) is 0.700. The second kappa shape index (κ2) is 7.94. The minimum Gasteiger partial charge on any atom is -0.494 e. The van der Waals surface area contributed by atoms with E-state index in [2.05, 4.69) is 23.3 Å². The number of anilines is 1. The van der Waals surface area contributed by atoms with Crippen molar-refractivity contribution in [2.24, 2.45) is 0 Å². The number of amides is 1. The Bertz CT molecular complexity index is 856. The summed E-state index contributed by atoms with van der Waals surface area (Å²) in [6.45, 7) is 4.63. The molecule has 0 saturated carbocycles. The van der Waals surface area contributed by atoms with Crippen molar-refractivity contribution in [1.29, 1.82) is 0 Å². The number of benzene rings is 2. The van der Waals surface area contributed by atoms with Crippen molar-refractivity contribution in [3.8, 4) is 17.0 Å². The van der Waals surface area contributed by atoms with Crippen molar-refractivity contribution in [2.75, 3.05) is 11.9 Å². The molecule has 0 atom stereocenters. The molecule has 5 heteroatoms. The van der Waals surface area contributed by atoms with Crippen LogP contribution in [0.5, 0.6) is 5.75 Å². The van der Waals surface area contributed by atoms with Crippen LogP contribution in [0.3, 0.4) is 0 Å². The van der Waals surface area contributed by atoms with Crippen LogP contribution in [0, 0.1) is 6.92 Å². The van der Waals surface area contributed by atoms with E-state index in [4.69, 9.17) is 4.74 Å². The van der Waals surface area contributed by atoms with Crippen LogP contribution in [0.25, 0.3) is 11.3 Å². The first kappa shape index (κ1) is 17.2. The van der Waals surface area contributed by atoms with E-state index in [1.54, 1.807) is 0 Å². The fourth-order valence-electron chi connectivity index (χ4n) is 2.53. The number of aryl methyl sites for hydroxylation is 1. The van der Waals surface area contributed by atoms with Gasteiger partial charge in [0.15, 0.2) is 5.13 Å². The molecule has 25 heavy (non-hydrogen) atoms. The first-order valence-electron chi connectivity index (χ1n) is 8.19. The average molecular weight is 352 g/mol. The summed E-state index contributed by atoms with van der Waals surface area (Å²) < 4.78 is 5.41. The Morgan fingerprint density at radius 2 is 1.92 bits per heavy atom. The van der Waals surface area contributed by atoms with Crippen molar-refractivity contribution >= 4 is 22.4 Å². The molecule has 0 spiro atoms. The number of aromatic nitrogens is 1. The molecule has 0 aliphatic carbocycles. The molecule has 0 radical (unpaired) electrons. The number of rotatable bonds is 6. The number of nitrogens with zero attached hydrogens (tertiary/aromatic N) is 1. The van der Waals surface area contributed by atoms with E-state index in [0.29, 0.717) is 18.2 Å². The smallest absolute Gasteiger partial charge is 0.230 e. The third kappa shape index (κ3) is 4.45. The van der Waals surface area contributed by atoms with Crippen LogP contribution >= 0.6 is 11.3 Å². The van der Waals surface area contributed by atoms with Gasteiger partial charge in [-0.3, -0.25) is 4.79 Å². The molecule has 0 unspecified atom stereocenters. The van der Waals surface area contributed by atoms with Crippen LogP contribution in [0.15, 0.2) is 53.9 Å². The van der Waals surface area contributed by atoms with Crippen LogP contribution < -0.4 is 10.1 Å². The molecule has 0 aliphatic heterocycles. The maximum Gasteiger partial charge on any atom is 0.230 e. The zero-order chi connectivity index (χ0) is 17.6. The van der Waals surface area contributed by atoms with Gasteiger partial charge in [-0.05, 0) is 37.1 Å². The van der Waals surface area contributed by atoms with E-state index >= 15 is 0 Å². The maximum atomic E-state index is 12.2. The van der Waals surface area contributed by atoms with Gasteiger partial charge >= 0.3 is 0 Å². The summed E-state index contributed by atoms with van der Waals surface area (Å²) in [6.07, 6.45) is 0.311. The molecule has 4 nitrogen and oxygen atoms in total. The second-order valence-electron chi connectivity index (χ2n) is 5.65. The van der Waals surface area contributed by atoms with E-state index in [-0.39, 0.29) is 5.91 Å². The highest BCUT2D eigenvalue weighted by atomic mass is 32.1. The van der Waals surface area contributed by atoms with Crippen LogP contribution in [-0.2, 0) is 11.2 Å². The Labute approximate surface area is 151 Å². The summed E-state index contributed by atoms with van der Waals surface area (Å²) in [4.78, 5) is 16.8. The maximum absolute atomic E-state index is 12.2. The third-order valence-electron chi connectivity index (χ3n) is 3.77. The van der Waals surface area contributed by atoms with Gasteiger partial charge in [0.05, 0.1) is 18.7 Å². The highest BCUT2D eigenvalue weighted by Gasteiger charge is 2.10. The zero-order valence-corrected chi connectivity index (χ0v) is 15.1. The first-order valence-corrected chi connectivity index (χ1v) is 9.07. The molecular formula is C20H20N2O2S. The number of carbonyl (C=O) groups excluding carboxylic acids is 1. The minimum absolute atomic E-state index is 0.0742. The van der Waals surface area contributed by atoms with Crippen LogP contribution in [0.4, 0.5) is 5.13 Å². The lowest BCUT2D eigenvalue weighted by atomic mass is 10.1. The molecular weight excluding hydrogens is 332 g/mol. The number of ether oxygens (including phenoxy) is 1. The van der Waals surface area contributed by atoms with Crippen molar-refractivity contribution in [3.05, 3.63) is 65.0 Å². The van der Waals surface area contributed by atoms with Gasteiger partial charge in [-0.2, -0.15) is 0 Å².